The molecule has 0 N–H and O–H groups in total. The summed E-state index contributed by atoms with van der Waals surface area (Å²) in [6, 6.07) is 7.73. The van der Waals surface area contributed by atoms with Gasteiger partial charge in [-0.1, -0.05) is 12.1 Å². The summed E-state index contributed by atoms with van der Waals surface area (Å²) in [6.07, 6.45) is 0.0231. The summed E-state index contributed by atoms with van der Waals surface area (Å²) >= 11 is 0. The van der Waals surface area contributed by atoms with E-state index in [1.807, 2.05) is 43.3 Å². The van der Waals surface area contributed by atoms with Crippen LogP contribution >= 0.6 is 0 Å². The van der Waals surface area contributed by atoms with Gasteiger partial charge in [-0.2, -0.15) is 0 Å². The minimum Gasteiger partial charge on any atom is -0.484 e. The van der Waals surface area contributed by atoms with E-state index in [1.54, 1.807) is 0 Å². The van der Waals surface area contributed by atoms with Gasteiger partial charge in [0.2, 0.25) is 0 Å². The van der Waals surface area contributed by atoms with Crippen LogP contribution in [0.1, 0.15) is 0 Å². The van der Waals surface area contributed by atoms with Crippen molar-refractivity contribution in [3.8, 4) is 11.5 Å². The van der Waals surface area contributed by atoms with Crippen molar-refractivity contribution in [2.75, 3.05) is 20.7 Å². The second kappa shape index (κ2) is 3.26. The number of likely N-dealkylation sites (N-methyl/N-ethyl adjacent to an activating group) is 1. The van der Waals surface area contributed by atoms with E-state index in [4.69, 9.17) is 9.47 Å². The van der Waals surface area contributed by atoms with Crippen LogP contribution in [-0.2, 0) is 0 Å². The Morgan fingerprint density at radius 2 is 1.92 bits per heavy atom. The zero-order valence-electron chi connectivity index (χ0n) is 7.86. The van der Waals surface area contributed by atoms with Crippen LogP contribution < -0.4 is 9.47 Å². The lowest BCUT2D eigenvalue weighted by atomic mass is 10.3. The third-order valence-electron chi connectivity index (χ3n) is 2.07. The topological polar surface area (TPSA) is 21.7 Å². The monoisotopic (exact) mass is 179 g/mol. The van der Waals surface area contributed by atoms with Gasteiger partial charge in [-0.15, -0.1) is 0 Å². The molecule has 0 saturated carbocycles. The number of hydrogen-bond acceptors (Lipinski definition) is 3. The smallest absolute Gasteiger partial charge is 0.186 e. The fourth-order valence-corrected chi connectivity index (χ4v) is 1.26. The Kier molecular flexibility index (Phi) is 2.10. The SMILES string of the molecule is CN(C)C1COc2ccccc2O1. The van der Waals surface area contributed by atoms with Crippen molar-refractivity contribution >= 4 is 0 Å². The van der Waals surface area contributed by atoms with Crippen molar-refractivity contribution in [2.45, 2.75) is 6.23 Å². The maximum Gasteiger partial charge on any atom is 0.186 e. The molecule has 1 heterocycles. The van der Waals surface area contributed by atoms with Gasteiger partial charge >= 0.3 is 0 Å². The molecule has 0 saturated heterocycles. The first-order valence-corrected chi connectivity index (χ1v) is 4.32. The Hall–Kier alpha value is -1.22. The van der Waals surface area contributed by atoms with Gasteiger partial charge in [0.25, 0.3) is 0 Å². The van der Waals surface area contributed by atoms with Gasteiger partial charge in [-0.05, 0) is 26.2 Å². The summed E-state index contributed by atoms with van der Waals surface area (Å²) < 4.78 is 11.2. The molecule has 1 unspecified atom stereocenters. The molecule has 3 nitrogen and oxygen atoms in total. The molecular formula is C10H13NO2. The summed E-state index contributed by atoms with van der Waals surface area (Å²) in [6.45, 7) is 0.587. The molecule has 13 heavy (non-hydrogen) atoms. The van der Waals surface area contributed by atoms with Crippen molar-refractivity contribution in [1.82, 2.24) is 4.90 Å². The molecule has 0 fully saturated rings. The zero-order chi connectivity index (χ0) is 9.26. The van der Waals surface area contributed by atoms with Gasteiger partial charge in [0.1, 0.15) is 6.61 Å². The fraction of sp³-hybridized carbons (Fsp3) is 0.400. The van der Waals surface area contributed by atoms with Crippen LogP contribution in [0, 0.1) is 0 Å². The minimum absolute atomic E-state index is 0.0231. The van der Waals surface area contributed by atoms with Gasteiger partial charge in [-0.3, -0.25) is 4.90 Å². The van der Waals surface area contributed by atoms with Crippen LogP contribution in [-0.4, -0.2) is 31.8 Å². The van der Waals surface area contributed by atoms with Crippen molar-refractivity contribution in [3.63, 3.8) is 0 Å². The van der Waals surface area contributed by atoms with Gasteiger partial charge in [-0.25, -0.2) is 0 Å². The molecule has 0 aliphatic carbocycles. The third-order valence-corrected chi connectivity index (χ3v) is 2.07. The first kappa shape index (κ1) is 8.38. The van der Waals surface area contributed by atoms with Crippen LogP contribution in [0.3, 0.4) is 0 Å². The molecule has 70 valence electrons. The first-order valence-electron chi connectivity index (χ1n) is 4.32. The van der Waals surface area contributed by atoms with Gasteiger partial charge in [0, 0.05) is 0 Å². The number of ether oxygens (including phenoxy) is 2. The largest absolute Gasteiger partial charge is 0.484 e. The summed E-state index contributed by atoms with van der Waals surface area (Å²) in [5.74, 6) is 1.66. The van der Waals surface area contributed by atoms with Gasteiger partial charge in [0.15, 0.2) is 17.7 Å². The van der Waals surface area contributed by atoms with Crippen LogP contribution in [0.15, 0.2) is 24.3 Å². The van der Waals surface area contributed by atoms with E-state index in [0.717, 1.165) is 11.5 Å². The Labute approximate surface area is 77.9 Å². The molecule has 0 amide bonds. The van der Waals surface area contributed by atoms with Crippen LogP contribution in [0.5, 0.6) is 11.5 Å². The number of rotatable bonds is 1. The second-order valence-corrected chi connectivity index (χ2v) is 3.29. The van der Waals surface area contributed by atoms with E-state index in [2.05, 4.69) is 0 Å². The number of nitrogens with zero attached hydrogens (tertiary/aromatic N) is 1. The predicted octanol–water partition coefficient (Wildman–Crippen LogP) is 1.35. The van der Waals surface area contributed by atoms with Crippen molar-refractivity contribution in [2.24, 2.45) is 0 Å². The predicted molar refractivity (Wildman–Crippen MR) is 50.0 cm³/mol. The molecule has 3 heteroatoms. The molecular weight excluding hydrogens is 166 g/mol. The molecule has 1 aliphatic heterocycles. The van der Waals surface area contributed by atoms with Crippen LogP contribution in [0.25, 0.3) is 0 Å². The molecule has 1 atom stereocenters. The number of fused-ring (bicyclic) bond motifs is 1. The molecule has 0 spiro atoms. The Balaban J connectivity index is 2.20. The van der Waals surface area contributed by atoms with Crippen LogP contribution in [0.4, 0.5) is 0 Å². The van der Waals surface area contributed by atoms with Crippen molar-refractivity contribution in [1.29, 1.82) is 0 Å². The first-order chi connectivity index (χ1) is 6.27. The maximum absolute atomic E-state index is 5.69. The summed E-state index contributed by atoms with van der Waals surface area (Å²) in [5, 5.41) is 0. The normalized spacial score (nSPS) is 20.4. The summed E-state index contributed by atoms with van der Waals surface area (Å²) in [4.78, 5) is 2.00. The van der Waals surface area contributed by atoms with E-state index < -0.39 is 0 Å². The second-order valence-electron chi connectivity index (χ2n) is 3.29. The summed E-state index contributed by atoms with van der Waals surface area (Å²) in [7, 11) is 3.95. The molecule has 0 radical (unpaired) electrons. The van der Waals surface area contributed by atoms with Crippen molar-refractivity contribution in [3.05, 3.63) is 24.3 Å². The molecule has 1 aromatic rings. The molecule has 2 rings (SSSR count). The Morgan fingerprint density at radius 3 is 2.62 bits per heavy atom. The Bertz CT molecular complexity index is 299. The van der Waals surface area contributed by atoms with Crippen LogP contribution in [0.2, 0.25) is 0 Å². The fourth-order valence-electron chi connectivity index (χ4n) is 1.26. The lowest BCUT2D eigenvalue weighted by molar-refractivity contribution is -0.00194. The number of benzene rings is 1. The third kappa shape index (κ3) is 1.60. The molecule has 0 bridgehead atoms. The van der Waals surface area contributed by atoms with Crippen molar-refractivity contribution < 1.29 is 9.47 Å². The average Bonchev–Trinajstić information content (AvgIpc) is 2.17. The quantitative estimate of drug-likeness (QED) is 0.649. The minimum atomic E-state index is 0.0231. The number of hydrogen-bond donors (Lipinski definition) is 0. The highest BCUT2D eigenvalue weighted by Gasteiger charge is 2.21. The lowest BCUT2D eigenvalue weighted by Gasteiger charge is -2.30. The Morgan fingerprint density at radius 1 is 1.23 bits per heavy atom. The lowest BCUT2D eigenvalue weighted by Crippen LogP contribution is -2.40. The molecule has 0 aromatic heterocycles. The summed E-state index contributed by atoms with van der Waals surface area (Å²) in [5.41, 5.74) is 0. The van der Waals surface area contributed by atoms with E-state index >= 15 is 0 Å². The van der Waals surface area contributed by atoms with E-state index in [-0.39, 0.29) is 6.23 Å². The van der Waals surface area contributed by atoms with E-state index in [1.165, 1.54) is 0 Å². The van der Waals surface area contributed by atoms with Gasteiger partial charge in [0.05, 0.1) is 0 Å². The van der Waals surface area contributed by atoms with Gasteiger partial charge < -0.3 is 9.47 Å². The molecule has 1 aromatic carbocycles. The average molecular weight is 179 g/mol. The number of para-hydroxylation sites is 2. The molecule has 1 aliphatic rings. The highest BCUT2D eigenvalue weighted by atomic mass is 16.6. The van der Waals surface area contributed by atoms with E-state index in [0.29, 0.717) is 6.61 Å². The maximum atomic E-state index is 5.69. The zero-order valence-corrected chi connectivity index (χ0v) is 7.86. The standard InChI is InChI=1S/C10H13NO2/c1-11(2)10-7-12-8-5-3-4-6-9(8)13-10/h3-6,10H,7H2,1-2H3. The highest BCUT2D eigenvalue weighted by Crippen LogP contribution is 2.30. The highest BCUT2D eigenvalue weighted by molar-refractivity contribution is 5.40. The van der Waals surface area contributed by atoms with E-state index in [9.17, 15) is 0 Å².